The van der Waals surface area contributed by atoms with Crippen LogP contribution in [-0.4, -0.2) is 265 Å². The lowest BCUT2D eigenvalue weighted by Gasteiger charge is -2.16. The summed E-state index contributed by atoms with van der Waals surface area (Å²) >= 11 is 0. The van der Waals surface area contributed by atoms with Crippen molar-refractivity contribution in [2.24, 2.45) is 21.1 Å². The largest absolute Gasteiger partial charge is 0.368 e. The summed E-state index contributed by atoms with van der Waals surface area (Å²) in [5, 5.41) is 85.2. The first-order valence-corrected chi connectivity index (χ1v) is 41.1. The van der Waals surface area contributed by atoms with Crippen LogP contribution in [0.25, 0.3) is 0 Å². The van der Waals surface area contributed by atoms with Crippen LogP contribution in [0.15, 0.2) is 165 Å². The van der Waals surface area contributed by atoms with E-state index < -0.39 is 0 Å². The van der Waals surface area contributed by atoms with Gasteiger partial charge in [0.05, 0.1) is 58.9 Å². The molecule has 54 nitrogen and oxygen atoms in total. The first-order chi connectivity index (χ1) is 63.8. The molecule has 18 heterocycles. The molecule has 0 amide bonds. The molecular weight excluding hydrogens is 1690 g/mol. The second-order valence-corrected chi connectivity index (χ2v) is 29.4. The molecule has 0 radical (unpaired) electrons. The summed E-state index contributed by atoms with van der Waals surface area (Å²) in [6.45, 7) is 6.46. The van der Waals surface area contributed by atoms with E-state index in [1.165, 1.54) is 0 Å². The molecule has 0 atom stereocenters. The van der Waals surface area contributed by atoms with Crippen LogP contribution in [0.5, 0.6) is 0 Å². The fourth-order valence-electron chi connectivity index (χ4n) is 11.4. The number of rotatable bonds is 32. The van der Waals surface area contributed by atoms with Gasteiger partial charge in [-0.15, -0.1) is 61.2 Å². The van der Waals surface area contributed by atoms with Gasteiger partial charge in [-0.25, -0.2) is 30.6 Å². The van der Waals surface area contributed by atoms with Crippen LogP contribution in [0.2, 0.25) is 0 Å². The van der Waals surface area contributed by atoms with Gasteiger partial charge in [0.25, 0.3) is 0 Å². The number of H-pyrrole nitrogens is 15. The summed E-state index contributed by atoms with van der Waals surface area (Å²) in [6, 6.07) is 35.7. The van der Waals surface area contributed by atoms with Crippen molar-refractivity contribution in [1.29, 1.82) is 0 Å². The highest BCUT2D eigenvalue weighted by Crippen LogP contribution is 2.19. The third-order valence-electron chi connectivity index (χ3n) is 18.4. The quantitative estimate of drug-likeness (QED) is 0.0249. The van der Waals surface area contributed by atoms with Gasteiger partial charge in [0.1, 0.15) is 0 Å². The van der Waals surface area contributed by atoms with Crippen LogP contribution in [0.4, 0.5) is 107 Å². The normalized spacial score (nSPS) is 10.3. The Morgan fingerprint density at radius 2 is 0.636 bits per heavy atom. The molecule has 0 spiro atoms. The number of aromatic nitrogens is 36. The molecule has 0 unspecified atom stereocenters. The number of hydrogen-bond donors (Lipinski definition) is 26. The van der Waals surface area contributed by atoms with Gasteiger partial charge in [-0.2, -0.15) is 29.9 Å². The van der Waals surface area contributed by atoms with E-state index in [1.54, 1.807) is 23.2 Å². The van der Waals surface area contributed by atoms with Crippen LogP contribution in [0.3, 0.4) is 0 Å². The maximum Gasteiger partial charge on any atom is 0.246 e. The van der Waals surface area contributed by atoms with Crippen LogP contribution in [0.1, 0.15) is 51.2 Å². The monoisotopic (exact) mass is 1810 g/mol. The molecule has 132 heavy (non-hydrogen) atoms. The Hall–Kier alpha value is -17.8. The van der Waals surface area contributed by atoms with Crippen molar-refractivity contribution < 1.29 is 0 Å². The Labute approximate surface area is 759 Å². The molecule has 18 rings (SSSR count). The summed E-state index contributed by atoms with van der Waals surface area (Å²) in [5.41, 5.74) is 31.9. The van der Waals surface area contributed by atoms with E-state index >= 15 is 0 Å². The molecule has 0 saturated heterocycles. The summed E-state index contributed by atoms with van der Waals surface area (Å²) < 4.78 is 5.37. The fraction of sp³-hybridized carbons (Fsp3) is 0.308. The molecule has 18 aromatic heterocycles. The van der Waals surface area contributed by atoms with E-state index in [0.29, 0.717) is 116 Å². The zero-order valence-corrected chi connectivity index (χ0v) is 76.3. The second kappa shape index (κ2) is 49.8. The SMILES string of the molecule is CN(C)c1n[nH]c(N(C)Cc2ccc[nH]2)n1.CN(C)c1n[nH]c(NCc2ccc[nH]2)n1.CN(C)c1nnc(NCc2ccc[nH]2)n1C.CN(Cc1ccc[nH]1)c1n[nH]c(N)n1.CN(Cc1ccc[nH]1)c1nnc(N)n1C.CNc1n[nH]c(NCc2ccc[nH]2)n1.CNc1nc(N(C)Cc2ccc[nH]2)n[nH]1.Cn1c(N)nnc1NCc1ccc[nH]1.Nc1nc(NCc2ccc[nH]2)n[nH]1. The third-order valence-corrected chi connectivity index (χ3v) is 18.4. The van der Waals surface area contributed by atoms with Gasteiger partial charge in [0.15, 0.2) is 0 Å². The Balaban J connectivity index is 0.000000154. The number of nitrogen functional groups attached to an aromatic ring is 4. The van der Waals surface area contributed by atoms with Crippen molar-refractivity contribution in [1.82, 2.24) is 180 Å². The number of hydrogen-bond acceptors (Lipinski definition) is 36. The number of nitrogens with one attached hydrogen (secondary N) is 22. The average Bonchev–Trinajstić information content (AvgIpc) is 1.69. The molecule has 18 aromatic rings. The van der Waals surface area contributed by atoms with Crippen molar-refractivity contribution in [2.75, 3.05) is 179 Å². The van der Waals surface area contributed by atoms with E-state index in [2.05, 4.69) is 204 Å². The number of nitrogens with zero attached hydrogens (tertiary/aromatic N) is 28. The molecular formula is C78H120N54. The smallest absolute Gasteiger partial charge is 0.246 e. The van der Waals surface area contributed by atoms with Crippen molar-refractivity contribution in [3.8, 4) is 0 Å². The van der Waals surface area contributed by atoms with Crippen LogP contribution in [-0.2, 0) is 80.0 Å². The zero-order chi connectivity index (χ0) is 94.1. The number of anilines is 18. The van der Waals surface area contributed by atoms with Crippen molar-refractivity contribution in [3.63, 3.8) is 0 Å². The van der Waals surface area contributed by atoms with Gasteiger partial charge in [0.2, 0.25) is 107 Å². The number of nitrogens with two attached hydrogens (primary N) is 4. The Morgan fingerprint density at radius 3 is 1.01 bits per heavy atom. The molecule has 0 aliphatic rings. The molecule has 0 bridgehead atoms. The maximum atomic E-state index is 5.61. The predicted molar refractivity (Wildman–Crippen MR) is 513 cm³/mol. The van der Waals surface area contributed by atoms with Crippen molar-refractivity contribution in [3.05, 3.63) is 216 Å². The van der Waals surface area contributed by atoms with Crippen LogP contribution < -0.4 is 94.5 Å². The lowest BCUT2D eigenvalue weighted by atomic mass is 10.4. The standard InChI is InChI=1S/2C10H16N6.3C9H14N6.3C8H12N6.C7H10N6/c1-15(2)9-12-10(14-13-9)16(3)7-8-5-4-6-11-8;1-15(2)10-14-13-9(16(10)3)12-7-8-5-4-6-11-8;1-14(6-7-4-3-5-11-7)9-13-12-8(10)15(9)2;1-15(2)9-12-8(13-14-9)11-6-7-4-3-5-10-7;1-10-8-12-9(14-13-8)15(2)6-7-4-3-5-11-7;1-14(5-6-3-2-4-10-6)8-11-7(9)12-13-8;1-14-7(9)12-13-8(14)11-5-6-3-2-4-10-6;1-9-7-12-8(14-13-7)11-5-6-3-2-4-10-6;8-6-11-7(13-12-6)10-4-5-2-1-3-9-5/h4-6,11H,7H2,1-3H3,(H,12,13,14);4-6,11H,7H2,1-3H3,(H,12,13);3-5,11H,6H2,1-2H3,(H2,10,12);3-5,10H,6H2,1-2H3,(H2,11,12,13,14);3-5,11H,6H2,1-2H3,(H2,10,12,13,14);2-4,10H,5H2,1H3,(H3,9,11,12,13);2-4,10H,5H2,1H3,(H2,9,12)(H,11,13);2-4,10H,5H2,1H3,(H3,9,11,12,13,14);1-3,9H,4H2,(H4,8,10,11,12,13). The van der Waals surface area contributed by atoms with Crippen LogP contribution in [0, 0.1) is 0 Å². The van der Waals surface area contributed by atoms with E-state index in [-0.39, 0.29) is 0 Å². The lowest BCUT2D eigenvalue weighted by molar-refractivity contribution is 0.798. The fourth-order valence-corrected chi connectivity index (χ4v) is 11.4. The third kappa shape index (κ3) is 31.1. The summed E-state index contributed by atoms with van der Waals surface area (Å²) in [4.78, 5) is 66.3. The summed E-state index contributed by atoms with van der Waals surface area (Å²) in [6.07, 6.45) is 17.0. The zero-order valence-electron chi connectivity index (χ0n) is 76.3. The predicted octanol–water partition coefficient (Wildman–Crippen LogP) is 5.44. The first-order valence-electron chi connectivity index (χ1n) is 41.1. The van der Waals surface area contributed by atoms with E-state index in [4.69, 9.17) is 22.9 Å². The molecule has 0 aromatic carbocycles. The minimum absolute atomic E-state index is 0.314. The molecule has 0 fully saturated rings. The average molecular weight is 1810 g/mol. The highest BCUT2D eigenvalue weighted by molar-refractivity contribution is 5.43. The molecule has 30 N–H and O–H groups in total. The van der Waals surface area contributed by atoms with Gasteiger partial charge < -0.3 is 139 Å². The summed E-state index contributed by atoms with van der Waals surface area (Å²) in [7, 11) is 28.5. The highest BCUT2D eigenvalue weighted by atomic mass is 15.5. The first kappa shape index (κ1) is 96.4. The Bertz CT molecular complexity index is 5940. The second-order valence-electron chi connectivity index (χ2n) is 29.4. The Morgan fingerprint density at radius 1 is 0.288 bits per heavy atom. The number of aromatic amines is 15. The topological polar surface area (TPSA) is 695 Å². The van der Waals surface area contributed by atoms with Gasteiger partial charge >= 0.3 is 0 Å². The minimum Gasteiger partial charge on any atom is -0.368 e. The van der Waals surface area contributed by atoms with Crippen molar-refractivity contribution in [2.45, 2.75) is 58.9 Å². The van der Waals surface area contributed by atoms with Gasteiger partial charge in [-0.3, -0.25) is 13.7 Å². The van der Waals surface area contributed by atoms with E-state index in [0.717, 1.165) is 101 Å². The van der Waals surface area contributed by atoms with Gasteiger partial charge in [-0.05, 0) is 109 Å². The van der Waals surface area contributed by atoms with Crippen LogP contribution >= 0.6 is 0 Å². The Kier molecular flexibility index (Phi) is 36.3. The molecule has 0 aliphatic heterocycles. The van der Waals surface area contributed by atoms with E-state index in [1.807, 2.05) is 295 Å². The minimum atomic E-state index is 0.314. The summed E-state index contributed by atoms with van der Waals surface area (Å²) in [5.74, 6) is 11.0. The maximum absolute atomic E-state index is 5.61. The van der Waals surface area contributed by atoms with E-state index in [9.17, 15) is 0 Å². The lowest BCUT2D eigenvalue weighted by Crippen LogP contribution is -2.20. The van der Waals surface area contributed by atoms with Gasteiger partial charge in [-0.1, -0.05) is 0 Å². The highest BCUT2D eigenvalue weighted by Gasteiger charge is 2.16. The van der Waals surface area contributed by atoms with Crippen molar-refractivity contribution >= 4 is 107 Å². The molecule has 54 heteroatoms. The molecule has 0 saturated carbocycles. The van der Waals surface area contributed by atoms with Gasteiger partial charge in [0, 0.05) is 213 Å². The molecule has 702 valence electrons. The molecule has 0 aliphatic carbocycles.